The molecule has 1 aromatic carbocycles. The lowest BCUT2D eigenvalue weighted by atomic mass is 10.1. The molecule has 104 valence electrons. The summed E-state index contributed by atoms with van der Waals surface area (Å²) >= 11 is 0. The maximum Gasteiger partial charge on any atom is 0.227 e. The van der Waals surface area contributed by atoms with Crippen LogP contribution in [0.15, 0.2) is 18.2 Å². The molecular formula is C14H19NO4. The number of Topliss-reactive ketones (excluding diaryl/α,β-unsaturated/α-hetero) is 1. The van der Waals surface area contributed by atoms with Gasteiger partial charge in [0.05, 0.1) is 26.7 Å². The van der Waals surface area contributed by atoms with Crippen LogP contribution in [0.4, 0.5) is 0 Å². The fourth-order valence-corrected chi connectivity index (χ4v) is 1.77. The van der Waals surface area contributed by atoms with Crippen molar-refractivity contribution in [3.63, 3.8) is 0 Å². The van der Waals surface area contributed by atoms with Crippen LogP contribution >= 0.6 is 0 Å². The highest BCUT2D eigenvalue weighted by molar-refractivity contribution is 5.96. The first-order valence-corrected chi connectivity index (χ1v) is 5.98. The van der Waals surface area contributed by atoms with E-state index in [0.29, 0.717) is 11.5 Å². The molecule has 0 saturated heterocycles. The molecule has 5 heteroatoms. The molecule has 19 heavy (non-hydrogen) atoms. The van der Waals surface area contributed by atoms with Crippen LogP contribution in [0.3, 0.4) is 0 Å². The number of methoxy groups -OCH3 is 2. The number of carbonyl (C=O) groups is 2. The average Bonchev–Trinajstić information content (AvgIpc) is 2.36. The lowest BCUT2D eigenvalue weighted by Gasteiger charge is -2.17. The highest BCUT2D eigenvalue weighted by Crippen LogP contribution is 2.29. The molecule has 1 aromatic rings. The SMILES string of the molecule is COc1ccc(C(C)NC(=O)CC(C)=O)c(OC)c1. The lowest BCUT2D eigenvalue weighted by Crippen LogP contribution is -2.28. The van der Waals surface area contributed by atoms with Gasteiger partial charge in [0, 0.05) is 11.6 Å². The fourth-order valence-electron chi connectivity index (χ4n) is 1.77. The largest absolute Gasteiger partial charge is 0.497 e. The van der Waals surface area contributed by atoms with Crippen LogP contribution in [0, 0.1) is 0 Å². The second-order valence-corrected chi connectivity index (χ2v) is 4.28. The number of amides is 1. The van der Waals surface area contributed by atoms with E-state index in [9.17, 15) is 9.59 Å². The van der Waals surface area contributed by atoms with Crippen molar-refractivity contribution in [3.05, 3.63) is 23.8 Å². The van der Waals surface area contributed by atoms with Crippen molar-refractivity contribution < 1.29 is 19.1 Å². The van der Waals surface area contributed by atoms with Gasteiger partial charge in [0.15, 0.2) is 0 Å². The molecule has 1 atom stereocenters. The standard InChI is InChI=1S/C14H19NO4/c1-9(16)7-14(17)15-10(2)12-6-5-11(18-3)8-13(12)19-4/h5-6,8,10H,7H2,1-4H3,(H,15,17). The molecule has 1 unspecified atom stereocenters. The first kappa shape index (κ1) is 15.0. The molecule has 0 aliphatic heterocycles. The number of rotatable bonds is 6. The predicted octanol–water partition coefficient (Wildman–Crippen LogP) is 1.86. The van der Waals surface area contributed by atoms with Gasteiger partial charge in [-0.3, -0.25) is 9.59 Å². The van der Waals surface area contributed by atoms with Gasteiger partial charge in [0.25, 0.3) is 0 Å². The van der Waals surface area contributed by atoms with E-state index in [4.69, 9.17) is 9.47 Å². The van der Waals surface area contributed by atoms with Crippen LogP contribution in [0.1, 0.15) is 31.9 Å². The zero-order valence-corrected chi connectivity index (χ0v) is 11.6. The van der Waals surface area contributed by atoms with E-state index in [1.54, 1.807) is 26.4 Å². The summed E-state index contributed by atoms with van der Waals surface area (Å²) in [7, 11) is 3.13. The second-order valence-electron chi connectivity index (χ2n) is 4.28. The number of nitrogens with one attached hydrogen (secondary N) is 1. The molecular weight excluding hydrogens is 246 g/mol. The van der Waals surface area contributed by atoms with Crippen LogP contribution in [0.5, 0.6) is 11.5 Å². The van der Waals surface area contributed by atoms with Crippen molar-refractivity contribution in [2.45, 2.75) is 26.3 Å². The Labute approximate surface area is 112 Å². The summed E-state index contributed by atoms with van der Waals surface area (Å²) in [5.41, 5.74) is 0.834. The van der Waals surface area contributed by atoms with Crippen LogP contribution in [-0.4, -0.2) is 25.9 Å². The Bertz CT molecular complexity index is 471. The number of hydrogen-bond donors (Lipinski definition) is 1. The topological polar surface area (TPSA) is 64.6 Å². The summed E-state index contributed by atoms with van der Waals surface area (Å²) in [6.07, 6.45) is -0.108. The lowest BCUT2D eigenvalue weighted by molar-refractivity contribution is -0.127. The molecule has 0 aliphatic carbocycles. The Balaban J connectivity index is 2.84. The van der Waals surface area contributed by atoms with Crippen molar-refractivity contribution in [1.29, 1.82) is 0 Å². The molecule has 0 radical (unpaired) electrons. The highest BCUT2D eigenvalue weighted by Gasteiger charge is 2.15. The quantitative estimate of drug-likeness (QED) is 0.797. The summed E-state index contributed by atoms with van der Waals surface area (Å²) in [6.45, 7) is 3.22. The van der Waals surface area contributed by atoms with Crippen LogP contribution in [0.2, 0.25) is 0 Å². The number of ketones is 1. The van der Waals surface area contributed by atoms with Gasteiger partial charge in [-0.15, -0.1) is 0 Å². The van der Waals surface area contributed by atoms with E-state index in [1.165, 1.54) is 6.92 Å². The zero-order valence-electron chi connectivity index (χ0n) is 11.6. The maximum atomic E-state index is 11.6. The van der Waals surface area contributed by atoms with Crippen molar-refractivity contribution in [3.8, 4) is 11.5 Å². The van der Waals surface area contributed by atoms with Gasteiger partial charge < -0.3 is 14.8 Å². The molecule has 0 bridgehead atoms. The zero-order chi connectivity index (χ0) is 14.4. The summed E-state index contributed by atoms with van der Waals surface area (Å²) < 4.78 is 10.4. The Morgan fingerprint density at radius 1 is 1.26 bits per heavy atom. The maximum absolute atomic E-state index is 11.6. The Hall–Kier alpha value is -2.04. The van der Waals surface area contributed by atoms with E-state index in [1.807, 2.05) is 13.0 Å². The highest BCUT2D eigenvalue weighted by atomic mass is 16.5. The minimum Gasteiger partial charge on any atom is -0.497 e. The smallest absolute Gasteiger partial charge is 0.227 e. The molecule has 0 heterocycles. The minimum absolute atomic E-state index is 0.108. The Kier molecular flexibility index (Phi) is 5.36. The van der Waals surface area contributed by atoms with Crippen LogP contribution in [0.25, 0.3) is 0 Å². The average molecular weight is 265 g/mol. The molecule has 1 rings (SSSR count). The Morgan fingerprint density at radius 3 is 2.47 bits per heavy atom. The monoisotopic (exact) mass is 265 g/mol. The van der Waals surface area contributed by atoms with Crippen molar-refractivity contribution in [2.75, 3.05) is 14.2 Å². The first-order chi connectivity index (χ1) is 8.97. The van der Waals surface area contributed by atoms with Crippen molar-refractivity contribution in [1.82, 2.24) is 5.32 Å². The van der Waals surface area contributed by atoms with Gasteiger partial charge in [0.2, 0.25) is 5.91 Å². The molecule has 0 aliphatic rings. The second kappa shape index (κ2) is 6.78. The molecule has 0 saturated carbocycles. The minimum atomic E-state index is -0.294. The molecule has 1 amide bonds. The van der Waals surface area contributed by atoms with E-state index in [2.05, 4.69) is 5.32 Å². The van der Waals surface area contributed by atoms with Crippen molar-refractivity contribution in [2.24, 2.45) is 0 Å². The van der Waals surface area contributed by atoms with Gasteiger partial charge in [-0.25, -0.2) is 0 Å². The third kappa shape index (κ3) is 4.28. The van der Waals surface area contributed by atoms with E-state index >= 15 is 0 Å². The Morgan fingerprint density at radius 2 is 1.95 bits per heavy atom. The molecule has 0 fully saturated rings. The van der Waals surface area contributed by atoms with E-state index in [0.717, 1.165) is 5.56 Å². The van der Waals surface area contributed by atoms with Gasteiger partial charge in [-0.2, -0.15) is 0 Å². The number of hydrogen-bond acceptors (Lipinski definition) is 4. The number of benzene rings is 1. The molecule has 1 N–H and O–H groups in total. The molecule has 5 nitrogen and oxygen atoms in total. The summed E-state index contributed by atoms with van der Waals surface area (Å²) in [5, 5.41) is 2.76. The summed E-state index contributed by atoms with van der Waals surface area (Å²) in [4.78, 5) is 22.4. The van der Waals surface area contributed by atoms with E-state index < -0.39 is 0 Å². The fraction of sp³-hybridized carbons (Fsp3) is 0.429. The van der Waals surface area contributed by atoms with Gasteiger partial charge >= 0.3 is 0 Å². The van der Waals surface area contributed by atoms with Crippen LogP contribution in [-0.2, 0) is 9.59 Å². The van der Waals surface area contributed by atoms with Gasteiger partial charge in [-0.1, -0.05) is 0 Å². The molecule has 0 spiro atoms. The normalized spacial score (nSPS) is 11.6. The summed E-state index contributed by atoms with van der Waals surface area (Å²) in [5.74, 6) is 0.863. The number of ether oxygens (including phenoxy) is 2. The summed E-state index contributed by atoms with van der Waals surface area (Å²) in [6, 6.07) is 5.14. The third-order valence-corrected chi connectivity index (χ3v) is 2.69. The van der Waals surface area contributed by atoms with Gasteiger partial charge in [0.1, 0.15) is 17.3 Å². The first-order valence-electron chi connectivity index (χ1n) is 5.98. The third-order valence-electron chi connectivity index (χ3n) is 2.69. The molecule has 0 aromatic heterocycles. The predicted molar refractivity (Wildman–Crippen MR) is 71.4 cm³/mol. The van der Waals surface area contributed by atoms with Crippen LogP contribution < -0.4 is 14.8 Å². The van der Waals surface area contributed by atoms with Crippen molar-refractivity contribution >= 4 is 11.7 Å². The van der Waals surface area contributed by atoms with Gasteiger partial charge in [-0.05, 0) is 26.0 Å². The number of carbonyl (C=O) groups excluding carboxylic acids is 2. The van der Waals surface area contributed by atoms with E-state index in [-0.39, 0.29) is 24.2 Å².